The first-order valence-corrected chi connectivity index (χ1v) is 8.66. The maximum absolute atomic E-state index is 13.1. The third kappa shape index (κ3) is 3.24. The highest BCUT2D eigenvalue weighted by Crippen LogP contribution is 2.28. The van der Waals surface area contributed by atoms with Crippen LogP contribution in [0.1, 0.15) is 20.8 Å². The predicted octanol–water partition coefficient (Wildman–Crippen LogP) is 2.72. The van der Waals surface area contributed by atoms with Crippen LogP contribution in [0.5, 0.6) is 0 Å². The summed E-state index contributed by atoms with van der Waals surface area (Å²) in [6.07, 6.45) is 6.85. The first-order valence-electron chi connectivity index (χ1n) is 7.84. The lowest BCUT2D eigenvalue weighted by molar-refractivity contribution is 0.0770. The Morgan fingerprint density at radius 1 is 1.38 bits per heavy atom. The standard InChI is InChI=1S/C19H16FN3O2S/c1-4-9-23(10-13-5-7-14(20)8-6-13)19(25)16-12(2)15-17(26-16)21-11-22(3)18(15)24/h1,5-8,11H,9-10H2,2-3H3. The molecule has 26 heavy (non-hydrogen) atoms. The normalized spacial score (nSPS) is 10.7. The molecule has 7 heteroatoms. The monoisotopic (exact) mass is 369 g/mol. The van der Waals surface area contributed by atoms with Crippen LogP contribution in [-0.2, 0) is 13.6 Å². The van der Waals surface area contributed by atoms with Crippen LogP contribution in [-0.4, -0.2) is 26.9 Å². The number of terminal acetylenes is 1. The van der Waals surface area contributed by atoms with E-state index in [1.54, 1.807) is 26.1 Å². The maximum atomic E-state index is 13.1. The Labute approximate surface area is 153 Å². The minimum atomic E-state index is -0.342. The summed E-state index contributed by atoms with van der Waals surface area (Å²) < 4.78 is 14.5. The smallest absolute Gasteiger partial charge is 0.265 e. The molecule has 0 aliphatic rings. The van der Waals surface area contributed by atoms with Crippen LogP contribution in [0.15, 0.2) is 35.4 Å². The van der Waals surface area contributed by atoms with Crippen molar-refractivity contribution in [3.63, 3.8) is 0 Å². The number of carbonyl (C=O) groups excluding carboxylic acids is 1. The zero-order chi connectivity index (χ0) is 18.8. The Morgan fingerprint density at radius 2 is 2.08 bits per heavy atom. The SMILES string of the molecule is C#CCN(Cc1ccc(F)cc1)C(=O)c1sc2ncn(C)c(=O)c2c1C. The molecule has 0 saturated heterocycles. The number of thiophene rings is 1. The highest BCUT2D eigenvalue weighted by atomic mass is 32.1. The molecule has 0 saturated carbocycles. The molecular formula is C19H16FN3O2S. The molecule has 0 radical (unpaired) electrons. The molecule has 1 amide bonds. The molecule has 3 rings (SSSR count). The van der Waals surface area contributed by atoms with Gasteiger partial charge >= 0.3 is 0 Å². The van der Waals surface area contributed by atoms with Gasteiger partial charge in [0.2, 0.25) is 0 Å². The molecule has 3 aromatic rings. The van der Waals surface area contributed by atoms with Gasteiger partial charge in [0, 0.05) is 13.6 Å². The molecule has 0 N–H and O–H groups in total. The summed E-state index contributed by atoms with van der Waals surface area (Å²) in [7, 11) is 1.62. The van der Waals surface area contributed by atoms with Crippen molar-refractivity contribution in [2.45, 2.75) is 13.5 Å². The van der Waals surface area contributed by atoms with Crippen molar-refractivity contribution in [2.75, 3.05) is 6.54 Å². The Hall–Kier alpha value is -2.98. The molecule has 0 fully saturated rings. The van der Waals surface area contributed by atoms with E-state index in [9.17, 15) is 14.0 Å². The molecule has 0 spiro atoms. The van der Waals surface area contributed by atoms with Crippen molar-refractivity contribution >= 4 is 27.5 Å². The van der Waals surface area contributed by atoms with Gasteiger partial charge in [-0.15, -0.1) is 17.8 Å². The minimum Gasteiger partial charge on any atom is -0.322 e. The zero-order valence-electron chi connectivity index (χ0n) is 14.3. The van der Waals surface area contributed by atoms with Crippen LogP contribution in [0.2, 0.25) is 0 Å². The molecule has 0 aliphatic heterocycles. The van der Waals surface area contributed by atoms with E-state index < -0.39 is 0 Å². The molecule has 0 bridgehead atoms. The number of aryl methyl sites for hydroxylation is 2. The number of fused-ring (bicyclic) bond motifs is 1. The maximum Gasteiger partial charge on any atom is 0.265 e. The fourth-order valence-corrected chi connectivity index (χ4v) is 3.78. The lowest BCUT2D eigenvalue weighted by Gasteiger charge is -2.20. The van der Waals surface area contributed by atoms with Gasteiger partial charge in [0.15, 0.2) is 0 Å². The molecule has 0 unspecified atom stereocenters. The fraction of sp³-hybridized carbons (Fsp3) is 0.211. The van der Waals surface area contributed by atoms with E-state index in [1.165, 1.54) is 39.3 Å². The molecule has 1 aromatic carbocycles. The summed E-state index contributed by atoms with van der Waals surface area (Å²) in [5.41, 5.74) is 1.18. The minimum absolute atomic E-state index is 0.106. The Balaban J connectivity index is 1.99. The van der Waals surface area contributed by atoms with Crippen molar-refractivity contribution in [1.29, 1.82) is 0 Å². The van der Waals surface area contributed by atoms with Gasteiger partial charge in [0.05, 0.1) is 23.1 Å². The number of amides is 1. The van der Waals surface area contributed by atoms with Gasteiger partial charge in [-0.2, -0.15) is 0 Å². The van der Waals surface area contributed by atoms with E-state index in [0.717, 1.165) is 5.56 Å². The number of aromatic nitrogens is 2. The summed E-state index contributed by atoms with van der Waals surface area (Å²) in [6.45, 7) is 2.10. The fourth-order valence-electron chi connectivity index (χ4n) is 2.68. The first kappa shape index (κ1) is 17.8. The van der Waals surface area contributed by atoms with Gasteiger partial charge in [-0.3, -0.25) is 9.59 Å². The number of carbonyl (C=O) groups is 1. The van der Waals surface area contributed by atoms with Crippen LogP contribution in [0, 0.1) is 25.1 Å². The van der Waals surface area contributed by atoms with Crippen molar-refractivity contribution < 1.29 is 9.18 Å². The average molecular weight is 369 g/mol. The summed E-state index contributed by atoms with van der Waals surface area (Å²) in [5, 5.41) is 0.450. The molecule has 2 heterocycles. The van der Waals surface area contributed by atoms with Crippen LogP contribution in [0.25, 0.3) is 10.2 Å². The lowest BCUT2D eigenvalue weighted by atomic mass is 10.1. The van der Waals surface area contributed by atoms with Crippen molar-refractivity contribution in [3.05, 3.63) is 62.8 Å². The first-order chi connectivity index (χ1) is 12.4. The van der Waals surface area contributed by atoms with Crippen LogP contribution in [0.3, 0.4) is 0 Å². The highest BCUT2D eigenvalue weighted by Gasteiger charge is 2.23. The van der Waals surface area contributed by atoms with Gasteiger partial charge in [0.25, 0.3) is 11.5 Å². The summed E-state index contributed by atoms with van der Waals surface area (Å²) >= 11 is 1.18. The molecule has 132 valence electrons. The van der Waals surface area contributed by atoms with Gasteiger partial charge in [-0.05, 0) is 30.2 Å². The average Bonchev–Trinajstić information content (AvgIpc) is 2.96. The van der Waals surface area contributed by atoms with Gasteiger partial charge in [0.1, 0.15) is 10.6 Å². The summed E-state index contributed by atoms with van der Waals surface area (Å²) in [4.78, 5) is 32.1. The third-order valence-electron chi connectivity index (χ3n) is 4.06. The number of benzene rings is 1. The van der Waals surface area contributed by atoms with Gasteiger partial charge in [-0.25, -0.2) is 9.37 Å². The number of hydrogen-bond acceptors (Lipinski definition) is 4. The Bertz CT molecular complexity index is 1080. The summed E-state index contributed by atoms with van der Waals surface area (Å²) in [6, 6.07) is 5.90. The number of hydrogen-bond donors (Lipinski definition) is 0. The molecular weight excluding hydrogens is 353 g/mol. The van der Waals surface area contributed by atoms with E-state index in [2.05, 4.69) is 10.9 Å². The Kier molecular flexibility index (Phi) is 4.87. The molecule has 2 aromatic heterocycles. The highest BCUT2D eigenvalue weighted by molar-refractivity contribution is 7.20. The second-order valence-corrected chi connectivity index (χ2v) is 6.89. The van der Waals surface area contributed by atoms with E-state index >= 15 is 0 Å². The lowest BCUT2D eigenvalue weighted by Crippen LogP contribution is -2.30. The second-order valence-electron chi connectivity index (χ2n) is 5.89. The van der Waals surface area contributed by atoms with Crippen molar-refractivity contribution in [3.8, 4) is 12.3 Å². The molecule has 5 nitrogen and oxygen atoms in total. The number of rotatable bonds is 4. The van der Waals surface area contributed by atoms with E-state index in [4.69, 9.17) is 6.42 Å². The van der Waals surface area contributed by atoms with Crippen LogP contribution >= 0.6 is 11.3 Å². The van der Waals surface area contributed by atoms with Crippen molar-refractivity contribution in [2.24, 2.45) is 7.05 Å². The molecule has 0 aliphatic carbocycles. The quantitative estimate of drug-likeness (QED) is 0.665. The predicted molar refractivity (Wildman–Crippen MR) is 99.6 cm³/mol. The van der Waals surface area contributed by atoms with Gasteiger partial charge < -0.3 is 9.47 Å². The second kappa shape index (κ2) is 7.10. The van der Waals surface area contributed by atoms with E-state index in [1.807, 2.05) is 0 Å². The molecule has 0 atom stereocenters. The van der Waals surface area contributed by atoms with Crippen LogP contribution < -0.4 is 5.56 Å². The van der Waals surface area contributed by atoms with Crippen molar-refractivity contribution in [1.82, 2.24) is 14.5 Å². The van der Waals surface area contributed by atoms with E-state index in [-0.39, 0.29) is 30.4 Å². The summed E-state index contributed by atoms with van der Waals surface area (Å²) in [5.74, 6) is 1.87. The topological polar surface area (TPSA) is 55.2 Å². The third-order valence-corrected chi connectivity index (χ3v) is 5.25. The van der Waals surface area contributed by atoms with Gasteiger partial charge in [-0.1, -0.05) is 18.1 Å². The number of nitrogens with zero attached hydrogens (tertiary/aromatic N) is 3. The van der Waals surface area contributed by atoms with Crippen LogP contribution in [0.4, 0.5) is 4.39 Å². The number of halogens is 1. The zero-order valence-corrected chi connectivity index (χ0v) is 15.1. The Morgan fingerprint density at radius 3 is 2.73 bits per heavy atom. The largest absolute Gasteiger partial charge is 0.322 e. The van der Waals surface area contributed by atoms with E-state index in [0.29, 0.717) is 20.7 Å².